The fraction of sp³-hybridized carbons (Fsp3) is 0.357. The van der Waals surface area contributed by atoms with E-state index in [4.69, 9.17) is 4.42 Å². The van der Waals surface area contributed by atoms with Gasteiger partial charge in [0.25, 0.3) is 0 Å². The van der Waals surface area contributed by atoms with Gasteiger partial charge < -0.3 is 9.73 Å². The summed E-state index contributed by atoms with van der Waals surface area (Å²) in [5.74, 6) is 1.64. The molecule has 0 spiro atoms. The summed E-state index contributed by atoms with van der Waals surface area (Å²) in [4.78, 5) is 4.31. The zero-order chi connectivity index (χ0) is 13.0. The Balaban J connectivity index is 2.11. The lowest BCUT2D eigenvalue weighted by Crippen LogP contribution is -2.08. The number of hydrogen-bond donors (Lipinski definition) is 1. The highest BCUT2D eigenvalue weighted by atomic mass is 79.9. The molecule has 0 bridgehead atoms. The van der Waals surface area contributed by atoms with Gasteiger partial charge in [-0.05, 0) is 44.6 Å². The summed E-state index contributed by atoms with van der Waals surface area (Å²) in [6.45, 7) is 3.05. The second-order valence-electron chi connectivity index (χ2n) is 4.29. The van der Waals surface area contributed by atoms with Crippen LogP contribution in [0.4, 0.5) is 0 Å². The summed E-state index contributed by atoms with van der Waals surface area (Å²) < 4.78 is 6.87. The van der Waals surface area contributed by atoms with Crippen molar-refractivity contribution in [2.75, 3.05) is 13.6 Å². The van der Waals surface area contributed by atoms with E-state index in [1.165, 1.54) is 5.56 Å². The number of halogens is 1. The fourth-order valence-corrected chi connectivity index (χ4v) is 2.02. The molecule has 2 rings (SSSR count). The van der Waals surface area contributed by atoms with Gasteiger partial charge in [0.2, 0.25) is 0 Å². The molecule has 0 saturated heterocycles. The first-order chi connectivity index (χ1) is 8.70. The molecule has 1 N–H and O–H groups in total. The van der Waals surface area contributed by atoms with Crippen LogP contribution in [0.1, 0.15) is 17.9 Å². The number of benzene rings is 1. The molecule has 0 atom stereocenters. The van der Waals surface area contributed by atoms with Crippen LogP contribution in [-0.2, 0) is 6.42 Å². The number of aromatic nitrogens is 1. The molecule has 0 aliphatic carbocycles. The van der Waals surface area contributed by atoms with E-state index in [1.807, 2.05) is 19.2 Å². The first-order valence-corrected chi connectivity index (χ1v) is 6.86. The minimum atomic E-state index is 0.806. The second kappa shape index (κ2) is 6.16. The van der Waals surface area contributed by atoms with E-state index >= 15 is 0 Å². The molecule has 3 nitrogen and oxygen atoms in total. The van der Waals surface area contributed by atoms with Crippen molar-refractivity contribution in [3.8, 4) is 11.3 Å². The largest absolute Gasteiger partial charge is 0.441 e. The van der Waals surface area contributed by atoms with Crippen molar-refractivity contribution in [3.63, 3.8) is 0 Å². The molecule has 2 aromatic rings. The molecule has 96 valence electrons. The molecule has 0 aliphatic rings. The van der Waals surface area contributed by atoms with E-state index in [2.05, 4.69) is 39.2 Å². The fourth-order valence-electron chi connectivity index (χ4n) is 1.77. The third-order valence-electron chi connectivity index (χ3n) is 2.81. The zero-order valence-corrected chi connectivity index (χ0v) is 12.3. The molecule has 0 aliphatic heterocycles. The Morgan fingerprint density at radius 3 is 2.94 bits per heavy atom. The molecular weight excluding hydrogens is 292 g/mol. The maximum Gasteiger partial charge on any atom is 0.194 e. The van der Waals surface area contributed by atoms with Crippen LogP contribution in [0.15, 0.2) is 33.3 Å². The molecule has 1 aromatic heterocycles. The van der Waals surface area contributed by atoms with E-state index in [-0.39, 0.29) is 0 Å². The molecule has 4 heteroatoms. The summed E-state index contributed by atoms with van der Waals surface area (Å²) in [6.07, 6.45) is 3.71. The van der Waals surface area contributed by atoms with Crippen LogP contribution in [0.25, 0.3) is 11.3 Å². The molecule has 0 radical (unpaired) electrons. The van der Waals surface area contributed by atoms with Crippen LogP contribution >= 0.6 is 15.9 Å². The highest BCUT2D eigenvalue weighted by Crippen LogP contribution is 2.25. The maximum atomic E-state index is 5.76. The highest BCUT2D eigenvalue weighted by molar-refractivity contribution is 9.10. The van der Waals surface area contributed by atoms with E-state index in [0.717, 1.165) is 41.1 Å². The van der Waals surface area contributed by atoms with Gasteiger partial charge in [-0.1, -0.05) is 22.0 Å². The number of oxazole rings is 1. The summed E-state index contributed by atoms with van der Waals surface area (Å²) in [5, 5.41) is 3.12. The monoisotopic (exact) mass is 308 g/mol. The zero-order valence-electron chi connectivity index (χ0n) is 10.7. The third-order valence-corrected chi connectivity index (χ3v) is 3.70. The third kappa shape index (κ3) is 3.21. The molecule has 0 amide bonds. The predicted molar refractivity (Wildman–Crippen MR) is 76.6 cm³/mol. The van der Waals surface area contributed by atoms with Crippen LogP contribution in [0, 0.1) is 6.92 Å². The topological polar surface area (TPSA) is 38.1 Å². The van der Waals surface area contributed by atoms with Crippen molar-refractivity contribution in [2.24, 2.45) is 0 Å². The lowest BCUT2D eigenvalue weighted by Gasteiger charge is -2.01. The van der Waals surface area contributed by atoms with Gasteiger partial charge in [-0.3, -0.25) is 0 Å². The Morgan fingerprint density at radius 1 is 1.39 bits per heavy atom. The summed E-state index contributed by atoms with van der Waals surface area (Å²) in [5.41, 5.74) is 2.27. The first kappa shape index (κ1) is 13.3. The Hall–Kier alpha value is -1.13. The molecule has 18 heavy (non-hydrogen) atoms. The van der Waals surface area contributed by atoms with Gasteiger partial charge in [0.15, 0.2) is 11.7 Å². The van der Waals surface area contributed by atoms with Gasteiger partial charge in [0.1, 0.15) is 0 Å². The Kier molecular flexibility index (Phi) is 4.55. The number of hydrogen-bond acceptors (Lipinski definition) is 3. The van der Waals surface area contributed by atoms with Gasteiger partial charge in [-0.25, -0.2) is 4.98 Å². The van der Waals surface area contributed by atoms with E-state index < -0.39 is 0 Å². The normalized spacial score (nSPS) is 10.8. The van der Waals surface area contributed by atoms with Crippen LogP contribution < -0.4 is 5.32 Å². The maximum absolute atomic E-state index is 5.76. The Morgan fingerprint density at radius 2 is 2.22 bits per heavy atom. The lowest BCUT2D eigenvalue weighted by atomic mass is 10.1. The van der Waals surface area contributed by atoms with Crippen LogP contribution in [0.2, 0.25) is 0 Å². The number of aryl methyl sites for hydroxylation is 2. The Labute approximate surface area is 116 Å². The minimum absolute atomic E-state index is 0.806. The highest BCUT2D eigenvalue weighted by Gasteiger charge is 2.07. The molecule has 0 fully saturated rings. The van der Waals surface area contributed by atoms with Crippen molar-refractivity contribution in [3.05, 3.63) is 40.3 Å². The van der Waals surface area contributed by atoms with Gasteiger partial charge >= 0.3 is 0 Å². The van der Waals surface area contributed by atoms with Gasteiger partial charge in [-0.15, -0.1) is 0 Å². The molecular formula is C14H17BrN2O. The second-order valence-corrected chi connectivity index (χ2v) is 5.14. The van der Waals surface area contributed by atoms with E-state index in [0.29, 0.717) is 0 Å². The first-order valence-electron chi connectivity index (χ1n) is 6.06. The van der Waals surface area contributed by atoms with Crippen molar-refractivity contribution < 1.29 is 4.42 Å². The SMILES string of the molecule is CNCCCc1ncc(-c2ccc(Br)c(C)c2)o1. The average molecular weight is 309 g/mol. The van der Waals surface area contributed by atoms with E-state index in [9.17, 15) is 0 Å². The number of rotatable bonds is 5. The average Bonchev–Trinajstić information content (AvgIpc) is 2.82. The quantitative estimate of drug-likeness (QED) is 0.858. The van der Waals surface area contributed by atoms with Crippen LogP contribution in [-0.4, -0.2) is 18.6 Å². The van der Waals surface area contributed by atoms with Crippen molar-refractivity contribution in [1.82, 2.24) is 10.3 Å². The predicted octanol–water partition coefficient (Wildman–Crippen LogP) is 3.56. The molecule has 0 saturated carbocycles. The van der Waals surface area contributed by atoms with Crippen LogP contribution in [0.5, 0.6) is 0 Å². The minimum Gasteiger partial charge on any atom is -0.441 e. The summed E-state index contributed by atoms with van der Waals surface area (Å²) in [7, 11) is 1.95. The van der Waals surface area contributed by atoms with Gasteiger partial charge in [-0.2, -0.15) is 0 Å². The van der Waals surface area contributed by atoms with Crippen molar-refractivity contribution in [1.29, 1.82) is 0 Å². The smallest absolute Gasteiger partial charge is 0.194 e. The van der Waals surface area contributed by atoms with E-state index in [1.54, 1.807) is 6.20 Å². The van der Waals surface area contributed by atoms with Gasteiger partial charge in [0.05, 0.1) is 6.20 Å². The van der Waals surface area contributed by atoms with Crippen LogP contribution in [0.3, 0.4) is 0 Å². The molecule has 0 unspecified atom stereocenters. The van der Waals surface area contributed by atoms with Crippen molar-refractivity contribution >= 4 is 15.9 Å². The molecule has 1 aromatic carbocycles. The van der Waals surface area contributed by atoms with Gasteiger partial charge in [0, 0.05) is 16.5 Å². The standard InChI is InChI=1S/C14H17BrN2O/c1-10-8-11(5-6-12(10)15)13-9-17-14(18-13)4-3-7-16-2/h5-6,8-9,16H,3-4,7H2,1-2H3. The number of nitrogens with one attached hydrogen (secondary N) is 1. The van der Waals surface area contributed by atoms with Crippen molar-refractivity contribution in [2.45, 2.75) is 19.8 Å². The summed E-state index contributed by atoms with van der Waals surface area (Å²) in [6, 6.07) is 6.17. The Bertz CT molecular complexity index is 522. The summed E-state index contributed by atoms with van der Waals surface area (Å²) >= 11 is 3.50. The number of nitrogens with zero attached hydrogens (tertiary/aromatic N) is 1. The lowest BCUT2D eigenvalue weighted by molar-refractivity contribution is 0.495. The molecule has 1 heterocycles.